The van der Waals surface area contributed by atoms with Gasteiger partial charge in [0.25, 0.3) is 5.91 Å². The largest absolute Gasteiger partial charge is 0.493 e. The topological polar surface area (TPSA) is 67.9 Å². The lowest BCUT2D eigenvalue weighted by Crippen LogP contribution is -2.23. The molecule has 0 saturated carbocycles. The van der Waals surface area contributed by atoms with Crippen LogP contribution in [0.15, 0.2) is 42.5 Å². The van der Waals surface area contributed by atoms with Gasteiger partial charge in [0.05, 0.1) is 13.7 Å². The number of methoxy groups -OCH3 is 1. The molecule has 0 radical (unpaired) electrons. The first-order chi connectivity index (χ1) is 14.0. The van der Waals surface area contributed by atoms with E-state index < -0.39 is 0 Å². The summed E-state index contributed by atoms with van der Waals surface area (Å²) < 4.78 is 11.2. The summed E-state index contributed by atoms with van der Waals surface area (Å²) >= 11 is 0. The molecule has 0 spiro atoms. The molecule has 29 heavy (non-hydrogen) atoms. The van der Waals surface area contributed by atoms with E-state index in [1.54, 1.807) is 42.3 Å². The van der Waals surface area contributed by atoms with Crippen molar-refractivity contribution in [1.82, 2.24) is 0 Å². The van der Waals surface area contributed by atoms with Crippen LogP contribution in [0.3, 0.4) is 0 Å². The molecule has 1 aliphatic rings. The molecule has 0 bridgehead atoms. The minimum absolute atomic E-state index is 0.143. The van der Waals surface area contributed by atoms with Crippen molar-refractivity contribution in [2.45, 2.75) is 33.1 Å². The van der Waals surface area contributed by atoms with Gasteiger partial charge in [-0.15, -0.1) is 0 Å². The quantitative estimate of drug-likeness (QED) is 0.713. The minimum Gasteiger partial charge on any atom is -0.493 e. The van der Waals surface area contributed by atoms with Gasteiger partial charge in [-0.1, -0.05) is 13.8 Å². The predicted octanol–water partition coefficient (Wildman–Crippen LogP) is 4.50. The Morgan fingerprint density at radius 3 is 2.52 bits per heavy atom. The zero-order chi connectivity index (χ0) is 20.8. The van der Waals surface area contributed by atoms with Gasteiger partial charge in [-0.25, -0.2) is 0 Å². The van der Waals surface area contributed by atoms with Crippen LogP contribution in [0.2, 0.25) is 0 Å². The SMILES string of the molecule is COc1cc(C(=O)Nc2ccc(N3CCCC3=O)cc2)ccc1OCCC(C)C. The average molecular weight is 396 g/mol. The van der Waals surface area contributed by atoms with Gasteiger partial charge in [-0.3, -0.25) is 9.59 Å². The third-order valence-corrected chi connectivity index (χ3v) is 4.89. The van der Waals surface area contributed by atoms with E-state index in [0.717, 1.165) is 25.1 Å². The first-order valence-corrected chi connectivity index (χ1v) is 10.0. The Labute approximate surface area is 171 Å². The number of ether oxygens (including phenoxy) is 2. The van der Waals surface area contributed by atoms with Crippen molar-refractivity contribution in [2.24, 2.45) is 5.92 Å². The number of carbonyl (C=O) groups is 2. The fourth-order valence-corrected chi connectivity index (χ4v) is 3.18. The third-order valence-electron chi connectivity index (χ3n) is 4.89. The highest BCUT2D eigenvalue weighted by Crippen LogP contribution is 2.29. The fraction of sp³-hybridized carbons (Fsp3) is 0.391. The van der Waals surface area contributed by atoms with Crippen LogP contribution in [0.1, 0.15) is 43.5 Å². The van der Waals surface area contributed by atoms with Gasteiger partial charge >= 0.3 is 0 Å². The summed E-state index contributed by atoms with van der Waals surface area (Å²) in [5, 5.41) is 2.88. The molecular weight excluding hydrogens is 368 g/mol. The van der Waals surface area contributed by atoms with Gasteiger partial charge in [0.2, 0.25) is 5.91 Å². The highest BCUT2D eigenvalue weighted by Gasteiger charge is 2.21. The lowest BCUT2D eigenvalue weighted by atomic mass is 10.1. The van der Waals surface area contributed by atoms with Crippen LogP contribution < -0.4 is 19.7 Å². The molecule has 6 heteroatoms. The second-order valence-corrected chi connectivity index (χ2v) is 7.55. The van der Waals surface area contributed by atoms with E-state index in [9.17, 15) is 9.59 Å². The van der Waals surface area contributed by atoms with Crippen LogP contribution >= 0.6 is 0 Å². The van der Waals surface area contributed by atoms with Crippen LogP contribution in [0.4, 0.5) is 11.4 Å². The molecule has 1 N–H and O–H groups in total. The second-order valence-electron chi connectivity index (χ2n) is 7.55. The lowest BCUT2D eigenvalue weighted by molar-refractivity contribution is -0.117. The maximum atomic E-state index is 12.6. The number of benzene rings is 2. The Morgan fingerprint density at radius 2 is 1.90 bits per heavy atom. The van der Waals surface area contributed by atoms with E-state index >= 15 is 0 Å². The molecule has 0 aliphatic carbocycles. The molecule has 2 aromatic rings. The molecule has 2 amide bonds. The normalized spacial score (nSPS) is 13.7. The van der Waals surface area contributed by atoms with Gasteiger partial charge in [0, 0.05) is 29.9 Å². The van der Waals surface area contributed by atoms with Gasteiger partial charge in [-0.05, 0) is 61.2 Å². The number of hydrogen-bond donors (Lipinski definition) is 1. The zero-order valence-corrected chi connectivity index (χ0v) is 17.2. The number of amides is 2. The molecule has 1 aliphatic heterocycles. The summed E-state index contributed by atoms with van der Waals surface area (Å²) in [6, 6.07) is 12.5. The first kappa shape index (κ1) is 20.7. The number of anilines is 2. The Morgan fingerprint density at radius 1 is 1.14 bits per heavy atom. The van der Waals surface area contributed by atoms with Crippen LogP contribution in [0, 0.1) is 5.92 Å². The summed E-state index contributed by atoms with van der Waals surface area (Å²) in [6.45, 7) is 5.63. The number of hydrogen-bond acceptors (Lipinski definition) is 4. The lowest BCUT2D eigenvalue weighted by Gasteiger charge is -2.16. The van der Waals surface area contributed by atoms with Crippen molar-refractivity contribution in [3.8, 4) is 11.5 Å². The fourth-order valence-electron chi connectivity index (χ4n) is 3.18. The van der Waals surface area contributed by atoms with E-state index in [0.29, 0.717) is 41.7 Å². The molecule has 154 valence electrons. The van der Waals surface area contributed by atoms with Crippen molar-refractivity contribution in [3.05, 3.63) is 48.0 Å². The van der Waals surface area contributed by atoms with Crippen LogP contribution in [-0.4, -0.2) is 32.1 Å². The molecular formula is C23H28N2O4. The van der Waals surface area contributed by atoms with Crippen molar-refractivity contribution in [1.29, 1.82) is 0 Å². The molecule has 1 fully saturated rings. The molecule has 1 heterocycles. The second kappa shape index (κ2) is 9.45. The summed E-state index contributed by atoms with van der Waals surface area (Å²) in [4.78, 5) is 26.2. The average Bonchev–Trinajstić information content (AvgIpc) is 3.14. The summed E-state index contributed by atoms with van der Waals surface area (Å²) in [6.07, 6.45) is 2.43. The van der Waals surface area contributed by atoms with Crippen molar-refractivity contribution < 1.29 is 19.1 Å². The number of nitrogens with one attached hydrogen (secondary N) is 1. The van der Waals surface area contributed by atoms with Crippen molar-refractivity contribution in [2.75, 3.05) is 30.5 Å². The van der Waals surface area contributed by atoms with Gasteiger partial charge in [0.15, 0.2) is 11.5 Å². The maximum absolute atomic E-state index is 12.6. The Hall–Kier alpha value is -3.02. The minimum atomic E-state index is -0.234. The Balaban J connectivity index is 1.64. The highest BCUT2D eigenvalue weighted by atomic mass is 16.5. The van der Waals surface area contributed by atoms with Crippen LogP contribution in [0.25, 0.3) is 0 Å². The molecule has 6 nitrogen and oxygen atoms in total. The summed E-state index contributed by atoms with van der Waals surface area (Å²) in [5.41, 5.74) is 2.01. The monoisotopic (exact) mass is 396 g/mol. The number of rotatable bonds is 8. The van der Waals surface area contributed by atoms with E-state index in [1.165, 1.54) is 0 Å². The summed E-state index contributed by atoms with van der Waals surface area (Å²) in [5.74, 6) is 1.63. The number of carbonyl (C=O) groups excluding carboxylic acids is 2. The third kappa shape index (κ3) is 5.28. The smallest absolute Gasteiger partial charge is 0.255 e. The Bertz CT molecular complexity index is 862. The van der Waals surface area contributed by atoms with Gasteiger partial charge in [0.1, 0.15) is 0 Å². The molecule has 1 saturated heterocycles. The van der Waals surface area contributed by atoms with Gasteiger partial charge in [-0.2, -0.15) is 0 Å². The molecule has 0 atom stereocenters. The standard InChI is InChI=1S/C23H28N2O4/c1-16(2)12-14-29-20-11-6-17(15-21(20)28-3)23(27)24-18-7-9-19(10-8-18)25-13-4-5-22(25)26/h6-11,15-16H,4-5,12-14H2,1-3H3,(H,24,27). The number of nitrogens with zero attached hydrogens (tertiary/aromatic N) is 1. The van der Waals surface area contributed by atoms with E-state index in [-0.39, 0.29) is 11.8 Å². The maximum Gasteiger partial charge on any atom is 0.255 e. The van der Waals surface area contributed by atoms with E-state index in [2.05, 4.69) is 19.2 Å². The van der Waals surface area contributed by atoms with E-state index in [4.69, 9.17) is 9.47 Å². The van der Waals surface area contributed by atoms with E-state index in [1.807, 2.05) is 12.1 Å². The predicted molar refractivity (Wildman–Crippen MR) is 114 cm³/mol. The molecule has 2 aromatic carbocycles. The van der Waals surface area contributed by atoms with Crippen LogP contribution in [0.5, 0.6) is 11.5 Å². The van der Waals surface area contributed by atoms with Crippen molar-refractivity contribution in [3.63, 3.8) is 0 Å². The molecule has 0 aromatic heterocycles. The van der Waals surface area contributed by atoms with Crippen molar-refractivity contribution >= 4 is 23.2 Å². The molecule has 0 unspecified atom stereocenters. The highest BCUT2D eigenvalue weighted by molar-refractivity contribution is 6.05. The first-order valence-electron chi connectivity index (χ1n) is 10.0. The van der Waals surface area contributed by atoms with Gasteiger partial charge < -0.3 is 19.7 Å². The molecule has 3 rings (SSSR count). The zero-order valence-electron chi connectivity index (χ0n) is 17.2. The summed E-state index contributed by atoms with van der Waals surface area (Å²) in [7, 11) is 1.56. The Kier molecular flexibility index (Phi) is 6.75. The van der Waals surface area contributed by atoms with Crippen LogP contribution in [-0.2, 0) is 4.79 Å².